The van der Waals surface area contributed by atoms with Crippen molar-refractivity contribution in [3.63, 3.8) is 0 Å². The highest BCUT2D eigenvalue weighted by Gasteiger charge is 2.50. The van der Waals surface area contributed by atoms with E-state index in [0.717, 1.165) is 36.1 Å². The zero-order chi connectivity index (χ0) is 20.7. The molecular weight excluding hydrogens is 364 g/mol. The second-order valence-electron chi connectivity index (χ2n) is 8.47. The number of hydrogen-bond donors (Lipinski definition) is 1. The van der Waals surface area contributed by atoms with Gasteiger partial charge in [-0.2, -0.15) is 0 Å². The first-order chi connectivity index (χ1) is 13.8. The topological polar surface area (TPSA) is 66.5 Å². The number of hydrogen-bond acceptors (Lipinski definition) is 3. The largest absolute Gasteiger partial charge is 0.322 e. The van der Waals surface area contributed by atoms with Gasteiger partial charge in [-0.15, -0.1) is 0 Å². The molecule has 29 heavy (non-hydrogen) atoms. The third-order valence-corrected chi connectivity index (χ3v) is 6.18. The van der Waals surface area contributed by atoms with E-state index >= 15 is 0 Å². The lowest BCUT2D eigenvalue weighted by atomic mass is 9.76. The number of fused-ring (bicyclic) bond motifs is 1. The van der Waals surface area contributed by atoms with Gasteiger partial charge in [0.2, 0.25) is 11.8 Å². The summed E-state index contributed by atoms with van der Waals surface area (Å²) >= 11 is 0. The van der Waals surface area contributed by atoms with Crippen molar-refractivity contribution in [3.8, 4) is 0 Å². The molecule has 5 nitrogen and oxygen atoms in total. The first-order valence-corrected chi connectivity index (χ1v) is 10.2. The number of carbonyl (C=O) groups excluding carboxylic acids is 3. The Morgan fingerprint density at radius 1 is 1.00 bits per heavy atom. The summed E-state index contributed by atoms with van der Waals surface area (Å²) in [6.07, 6.45) is 2.50. The molecule has 1 heterocycles. The summed E-state index contributed by atoms with van der Waals surface area (Å²) in [5, 5.41) is 2.92. The zero-order valence-electron chi connectivity index (χ0n) is 17.1. The van der Waals surface area contributed by atoms with Gasteiger partial charge < -0.3 is 5.32 Å². The first-order valence-electron chi connectivity index (χ1n) is 10.2. The van der Waals surface area contributed by atoms with Crippen LogP contribution in [0.5, 0.6) is 0 Å². The van der Waals surface area contributed by atoms with E-state index in [1.54, 1.807) is 24.3 Å². The average molecular weight is 390 g/mol. The molecule has 3 amide bonds. The van der Waals surface area contributed by atoms with Crippen molar-refractivity contribution in [2.75, 3.05) is 10.2 Å². The van der Waals surface area contributed by atoms with Gasteiger partial charge in [-0.3, -0.25) is 19.3 Å². The fourth-order valence-corrected chi connectivity index (χ4v) is 4.58. The molecule has 1 saturated carbocycles. The molecule has 2 aromatic rings. The molecule has 1 aliphatic heterocycles. The molecule has 1 saturated heterocycles. The van der Waals surface area contributed by atoms with Gasteiger partial charge in [-0.25, -0.2) is 0 Å². The Kier molecular flexibility index (Phi) is 4.99. The van der Waals surface area contributed by atoms with E-state index in [4.69, 9.17) is 0 Å². The summed E-state index contributed by atoms with van der Waals surface area (Å²) in [6.45, 7) is 6.09. The van der Waals surface area contributed by atoms with Gasteiger partial charge in [0, 0.05) is 11.3 Å². The van der Waals surface area contributed by atoms with E-state index in [-0.39, 0.29) is 29.6 Å². The monoisotopic (exact) mass is 390 g/mol. The molecule has 0 spiro atoms. The van der Waals surface area contributed by atoms with Crippen LogP contribution in [0, 0.1) is 31.6 Å². The highest BCUT2D eigenvalue weighted by atomic mass is 16.2. The summed E-state index contributed by atoms with van der Waals surface area (Å²) in [5.41, 5.74) is 3.77. The summed E-state index contributed by atoms with van der Waals surface area (Å²) < 4.78 is 0. The maximum atomic E-state index is 12.9. The molecule has 1 N–H and O–H groups in total. The van der Waals surface area contributed by atoms with Crippen molar-refractivity contribution < 1.29 is 14.4 Å². The van der Waals surface area contributed by atoms with Crippen LogP contribution in [-0.2, 0) is 9.59 Å². The fourth-order valence-electron chi connectivity index (χ4n) is 4.58. The van der Waals surface area contributed by atoms with E-state index in [9.17, 15) is 14.4 Å². The summed E-state index contributed by atoms with van der Waals surface area (Å²) in [4.78, 5) is 39.9. The predicted octanol–water partition coefficient (Wildman–Crippen LogP) is 4.48. The summed E-state index contributed by atoms with van der Waals surface area (Å²) in [7, 11) is 0. The van der Waals surface area contributed by atoms with Crippen molar-refractivity contribution in [3.05, 3.63) is 59.2 Å². The Labute approximate surface area is 171 Å². The Hall–Kier alpha value is -2.95. The van der Waals surface area contributed by atoms with Gasteiger partial charge in [0.1, 0.15) is 0 Å². The second kappa shape index (κ2) is 7.47. The van der Waals surface area contributed by atoms with Gasteiger partial charge in [-0.1, -0.05) is 30.7 Å². The Balaban J connectivity index is 1.58. The molecule has 2 aromatic carbocycles. The number of nitrogens with one attached hydrogen (secondary N) is 1. The average Bonchev–Trinajstić information content (AvgIpc) is 2.94. The Bertz CT molecular complexity index is 997. The zero-order valence-corrected chi connectivity index (χ0v) is 17.1. The SMILES string of the molecule is Cc1ccc(NC(=O)c2cccc(N3C(=O)[C@@H]4CC[C@H](C)C[C@H]4C3=O)c2)c(C)c1. The van der Waals surface area contributed by atoms with E-state index in [0.29, 0.717) is 17.2 Å². The number of nitrogens with zero attached hydrogens (tertiary/aromatic N) is 1. The molecule has 5 heteroatoms. The maximum Gasteiger partial charge on any atom is 0.255 e. The first kappa shape index (κ1) is 19.4. The van der Waals surface area contributed by atoms with Gasteiger partial charge in [0.05, 0.1) is 17.5 Å². The number of carbonyl (C=O) groups is 3. The van der Waals surface area contributed by atoms with Crippen LogP contribution >= 0.6 is 0 Å². The number of benzene rings is 2. The molecule has 0 unspecified atom stereocenters. The molecule has 4 rings (SSSR count). The Morgan fingerprint density at radius 2 is 1.76 bits per heavy atom. The highest BCUT2D eigenvalue weighted by molar-refractivity contribution is 6.22. The normalized spacial score (nSPS) is 23.8. The highest BCUT2D eigenvalue weighted by Crippen LogP contribution is 2.42. The van der Waals surface area contributed by atoms with Crippen molar-refractivity contribution in [2.45, 2.75) is 40.0 Å². The molecule has 3 atom stereocenters. The standard InChI is InChI=1S/C24H26N2O3/c1-14-8-10-21(16(3)11-14)25-22(27)17-5-4-6-18(13-17)26-23(28)19-9-7-15(2)12-20(19)24(26)29/h4-6,8,10-11,13,15,19-20H,7,9,12H2,1-3H3,(H,25,27)/t15-,19+,20+/m0/s1. The number of anilines is 2. The number of amides is 3. The van der Waals surface area contributed by atoms with Gasteiger partial charge in [0.15, 0.2) is 0 Å². The van der Waals surface area contributed by atoms with Crippen LogP contribution in [-0.4, -0.2) is 17.7 Å². The number of imide groups is 1. The third-order valence-electron chi connectivity index (χ3n) is 6.18. The van der Waals surface area contributed by atoms with E-state index in [1.807, 2.05) is 32.0 Å². The minimum absolute atomic E-state index is 0.126. The summed E-state index contributed by atoms with van der Waals surface area (Å²) in [6, 6.07) is 12.6. The number of rotatable bonds is 3. The molecular formula is C24H26N2O3. The van der Waals surface area contributed by atoms with Crippen LogP contribution < -0.4 is 10.2 Å². The quantitative estimate of drug-likeness (QED) is 0.786. The van der Waals surface area contributed by atoms with Gasteiger partial charge >= 0.3 is 0 Å². The van der Waals surface area contributed by atoms with Crippen LogP contribution in [0.3, 0.4) is 0 Å². The van der Waals surface area contributed by atoms with Crippen LogP contribution in [0.1, 0.15) is 47.7 Å². The fraction of sp³-hybridized carbons (Fsp3) is 0.375. The third kappa shape index (κ3) is 3.57. The lowest BCUT2D eigenvalue weighted by Crippen LogP contribution is -2.31. The number of aryl methyl sites for hydroxylation is 2. The van der Waals surface area contributed by atoms with Crippen molar-refractivity contribution >= 4 is 29.1 Å². The molecule has 0 aromatic heterocycles. The minimum Gasteiger partial charge on any atom is -0.322 e. The summed E-state index contributed by atoms with van der Waals surface area (Å²) in [5.74, 6) is -0.491. The van der Waals surface area contributed by atoms with Crippen molar-refractivity contribution in [2.24, 2.45) is 17.8 Å². The van der Waals surface area contributed by atoms with Crippen LogP contribution in [0.4, 0.5) is 11.4 Å². The van der Waals surface area contributed by atoms with Crippen molar-refractivity contribution in [1.82, 2.24) is 0 Å². The van der Waals surface area contributed by atoms with E-state index < -0.39 is 0 Å². The van der Waals surface area contributed by atoms with Gasteiger partial charge in [0.25, 0.3) is 5.91 Å². The lowest BCUT2D eigenvalue weighted by Gasteiger charge is -2.25. The Morgan fingerprint density at radius 3 is 2.52 bits per heavy atom. The molecule has 150 valence electrons. The minimum atomic E-state index is -0.260. The smallest absolute Gasteiger partial charge is 0.255 e. The molecule has 1 aliphatic carbocycles. The molecule has 0 radical (unpaired) electrons. The van der Waals surface area contributed by atoms with Crippen LogP contribution in [0.15, 0.2) is 42.5 Å². The van der Waals surface area contributed by atoms with Crippen LogP contribution in [0.25, 0.3) is 0 Å². The molecule has 0 bridgehead atoms. The van der Waals surface area contributed by atoms with E-state index in [2.05, 4.69) is 12.2 Å². The second-order valence-corrected chi connectivity index (χ2v) is 8.47. The molecule has 2 fully saturated rings. The van der Waals surface area contributed by atoms with Gasteiger partial charge in [-0.05, 0) is 68.9 Å². The van der Waals surface area contributed by atoms with Crippen molar-refractivity contribution in [1.29, 1.82) is 0 Å². The predicted molar refractivity (Wildman–Crippen MR) is 113 cm³/mol. The lowest BCUT2D eigenvalue weighted by molar-refractivity contribution is -0.122. The maximum absolute atomic E-state index is 12.9. The van der Waals surface area contributed by atoms with Crippen LogP contribution in [0.2, 0.25) is 0 Å². The molecule has 2 aliphatic rings. The van der Waals surface area contributed by atoms with E-state index in [1.165, 1.54) is 4.90 Å².